The van der Waals surface area contributed by atoms with Gasteiger partial charge in [0.25, 0.3) is 0 Å². The Balaban J connectivity index is 1.67. The summed E-state index contributed by atoms with van der Waals surface area (Å²) in [5, 5.41) is 0. The first kappa shape index (κ1) is 14.4. The van der Waals surface area contributed by atoms with Gasteiger partial charge in [0.15, 0.2) is 5.78 Å². The highest BCUT2D eigenvalue weighted by molar-refractivity contribution is 5.96. The van der Waals surface area contributed by atoms with Crippen LogP contribution in [0.2, 0.25) is 0 Å². The van der Waals surface area contributed by atoms with E-state index in [-0.39, 0.29) is 23.4 Å². The minimum Gasteiger partial charge on any atom is -0.306 e. The highest BCUT2D eigenvalue weighted by Crippen LogP contribution is 2.30. The fourth-order valence-corrected chi connectivity index (χ4v) is 2.92. The summed E-state index contributed by atoms with van der Waals surface area (Å²) in [5.41, 5.74) is 1.27. The molecule has 2 heterocycles. The molecule has 1 aromatic rings. The quantitative estimate of drug-likeness (QED) is 0.778. The molecule has 1 saturated carbocycles. The van der Waals surface area contributed by atoms with Crippen LogP contribution in [-0.4, -0.2) is 41.6 Å². The Morgan fingerprint density at radius 1 is 1.14 bits per heavy atom. The largest absolute Gasteiger partial charge is 0.306 e. The molecule has 1 saturated heterocycles. The number of ketones is 2. The third kappa shape index (κ3) is 3.56. The number of piperidine rings is 1. The van der Waals surface area contributed by atoms with Crippen LogP contribution in [0.4, 0.5) is 0 Å². The molecule has 21 heavy (non-hydrogen) atoms. The summed E-state index contributed by atoms with van der Waals surface area (Å²) < 4.78 is 0. The number of carbonyl (C=O) groups excluding carboxylic acids is 2. The summed E-state index contributed by atoms with van der Waals surface area (Å²) in [7, 11) is 2.09. The smallest absolute Gasteiger partial charge is 0.184 e. The van der Waals surface area contributed by atoms with Crippen LogP contribution in [0.25, 0.3) is 0 Å². The molecule has 0 spiro atoms. The van der Waals surface area contributed by atoms with Crippen LogP contribution in [-0.2, 0) is 11.2 Å². The molecule has 2 fully saturated rings. The second-order valence-electron chi connectivity index (χ2n) is 6.37. The van der Waals surface area contributed by atoms with Gasteiger partial charge in [0, 0.05) is 24.0 Å². The Morgan fingerprint density at radius 2 is 1.86 bits per heavy atom. The van der Waals surface area contributed by atoms with Crippen LogP contribution < -0.4 is 0 Å². The zero-order valence-electron chi connectivity index (χ0n) is 12.5. The van der Waals surface area contributed by atoms with E-state index in [0.717, 1.165) is 44.5 Å². The van der Waals surface area contributed by atoms with Crippen molar-refractivity contribution in [3.63, 3.8) is 0 Å². The number of nitrogens with zero attached hydrogens (tertiary/aromatic N) is 2. The minimum absolute atomic E-state index is 0.0862. The van der Waals surface area contributed by atoms with Gasteiger partial charge < -0.3 is 4.90 Å². The zero-order chi connectivity index (χ0) is 14.8. The van der Waals surface area contributed by atoms with Crippen LogP contribution in [0.5, 0.6) is 0 Å². The molecule has 0 N–H and O–H groups in total. The predicted molar refractivity (Wildman–Crippen MR) is 80.2 cm³/mol. The predicted octanol–water partition coefficient (Wildman–Crippen LogP) is 2.13. The van der Waals surface area contributed by atoms with Crippen LogP contribution >= 0.6 is 0 Å². The van der Waals surface area contributed by atoms with Gasteiger partial charge in [-0.2, -0.15) is 0 Å². The van der Waals surface area contributed by atoms with Crippen molar-refractivity contribution in [3.05, 3.63) is 29.6 Å². The van der Waals surface area contributed by atoms with Crippen molar-refractivity contribution in [2.75, 3.05) is 20.1 Å². The first-order valence-electron chi connectivity index (χ1n) is 7.85. The van der Waals surface area contributed by atoms with Gasteiger partial charge in [-0.25, -0.2) is 4.98 Å². The van der Waals surface area contributed by atoms with Gasteiger partial charge >= 0.3 is 0 Å². The molecule has 1 aromatic heterocycles. The first-order chi connectivity index (χ1) is 10.1. The molecule has 1 aliphatic heterocycles. The summed E-state index contributed by atoms with van der Waals surface area (Å²) in [6.07, 6.45) is 4.23. The van der Waals surface area contributed by atoms with E-state index < -0.39 is 0 Å². The van der Waals surface area contributed by atoms with E-state index in [1.165, 1.54) is 0 Å². The van der Waals surface area contributed by atoms with Gasteiger partial charge in [-0.1, -0.05) is 6.07 Å². The highest BCUT2D eigenvalue weighted by atomic mass is 16.1. The number of Topliss-reactive ketones (excluding diaryl/α,β-unsaturated/α-hetero) is 2. The van der Waals surface area contributed by atoms with Crippen molar-refractivity contribution in [2.24, 2.45) is 11.8 Å². The summed E-state index contributed by atoms with van der Waals surface area (Å²) in [6, 6.07) is 5.49. The number of hydrogen-bond acceptors (Lipinski definition) is 4. The van der Waals surface area contributed by atoms with E-state index in [0.29, 0.717) is 12.1 Å². The maximum Gasteiger partial charge on any atom is 0.184 e. The number of hydrogen-bond donors (Lipinski definition) is 0. The van der Waals surface area contributed by atoms with Gasteiger partial charge in [-0.3, -0.25) is 9.59 Å². The van der Waals surface area contributed by atoms with Crippen LogP contribution in [0.15, 0.2) is 18.2 Å². The number of aromatic nitrogens is 1. The lowest BCUT2D eigenvalue weighted by molar-refractivity contribution is -0.119. The summed E-state index contributed by atoms with van der Waals surface area (Å²) in [4.78, 5) is 31.1. The molecule has 4 heteroatoms. The second-order valence-corrected chi connectivity index (χ2v) is 6.37. The lowest BCUT2D eigenvalue weighted by Crippen LogP contribution is -2.33. The van der Waals surface area contributed by atoms with Crippen LogP contribution in [0.1, 0.15) is 41.9 Å². The van der Waals surface area contributed by atoms with Crippen LogP contribution in [0, 0.1) is 11.8 Å². The van der Waals surface area contributed by atoms with Crippen molar-refractivity contribution in [3.8, 4) is 0 Å². The molecule has 0 unspecified atom stereocenters. The van der Waals surface area contributed by atoms with Crippen molar-refractivity contribution >= 4 is 11.6 Å². The van der Waals surface area contributed by atoms with E-state index in [9.17, 15) is 9.59 Å². The van der Waals surface area contributed by atoms with Gasteiger partial charge in [0.05, 0.1) is 0 Å². The Hall–Kier alpha value is -1.55. The van der Waals surface area contributed by atoms with Crippen LogP contribution in [0.3, 0.4) is 0 Å². The Morgan fingerprint density at radius 3 is 2.52 bits per heavy atom. The SMILES string of the molecule is CN1CCC(C(=O)c2cccc(CC(=O)C3CC3)n2)CC1. The van der Waals surface area contributed by atoms with Gasteiger partial charge in [-0.05, 0) is 58.0 Å². The lowest BCUT2D eigenvalue weighted by atomic mass is 9.91. The fourth-order valence-electron chi connectivity index (χ4n) is 2.92. The molecular weight excluding hydrogens is 264 g/mol. The topological polar surface area (TPSA) is 50.3 Å². The normalized spacial score (nSPS) is 20.4. The highest BCUT2D eigenvalue weighted by Gasteiger charge is 2.30. The Labute approximate surface area is 125 Å². The summed E-state index contributed by atoms with van der Waals surface area (Å²) in [6.45, 7) is 1.94. The lowest BCUT2D eigenvalue weighted by Gasteiger charge is -2.27. The Bertz CT molecular complexity index is 543. The van der Waals surface area contributed by atoms with E-state index in [1.54, 1.807) is 6.07 Å². The molecule has 0 bridgehead atoms. The average Bonchev–Trinajstić information content (AvgIpc) is 3.32. The number of rotatable bonds is 5. The zero-order valence-corrected chi connectivity index (χ0v) is 12.5. The van der Waals surface area contributed by atoms with E-state index in [1.807, 2.05) is 12.1 Å². The van der Waals surface area contributed by atoms with Gasteiger partial charge in [-0.15, -0.1) is 0 Å². The fraction of sp³-hybridized carbons (Fsp3) is 0.588. The third-order valence-electron chi connectivity index (χ3n) is 4.54. The maximum absolute atomic E-state index is 12.5. The molecule has 1 aliphatic carbocycles. The molecule has 0 aromatic carbocycles. The van der Waals surface area contributed by atoms with Crippen molar-refractivity contribution < 1.29 is 9.59 Å². The van der Waals surface area contributed by atoms with Crippen molar-refractivity contribution in [2.45, 2.75) is 32.1 Å². The molecule has 2 aliphatic rings. The number of carbonyl (C=O) groups is 2. The minimum atomic E-state index is 0.0862. The van der Waals surface area contributed by atoms with Crippen molar-refractivity contribution in [1.82, 2.24) is 9.88 Å². The van der Waals surface area contributed by atoms with E-state index >= 15 is 0 Å². The molecule has 4 nitrogen and oxygen atoms in total. The molecular formula is C17H22N2O2. The monoisotopic (exact) mass is 286 g/mol. The molecule has 0 amide bonds. The Kier molecular flexibility index (Phi) is 4.15. The van der Waals surface area contributed by atoms with E-state index in [4.69, 9.17) is 0 Å². The average molecular weight is 286 g/mol. The molecule has 0 atom stereocenters. The molecule has 112 valence electrons. The maximum atomic E-state index is 12.5. The molecule has 0 radical (unpaired) electrons. The third-order valence-corrected chi connectivity index (χ3v) is 4.54. The van der Waals surface area contributed by atoms with Gasteiger partial charge in [0.2, 0.25) is 0 Å². The summed E-state index contributed by atoms with van der Waals surface area (Å²) in [5.74, 6) is 0.748. The second kappa shape index (κ2) is 6.06. The molecule has 3 rings (SSSR count). The van der Waals surface area contributed by atoms with Crippen molar-refractivity contribution in [1.29, 1.82) is 0 Å². The van der Waals surface area contributed by atoms with Gasteiger partial charge in [0.1, 0.15) is 11.5 Å². The summed E-state index contributed by atoms with van der Waals surface area (Å²) >= 11 is 0. The first-order valence-corrected chi connectivity index (χ1v) is 7.85. The number of likely N-dealkylation sites (tertiary alicyclic amines) is 1. The number of pyridine rings is 1. The standard InChI is InChI=1S/C17H22N2O2/c1-19-9-7-13(8-10-19)17(21)15-4-2-3-14(18-15)11-16(20)12-5-6-12/h2-4,12-13H,5-11H2,1H3. The van der Waals surface area contributed by atoms with E-state index in [2.05, 4.69) is 16.9 Å².